The Kier molecular flexibility index (Phi) is 6.12. The second-order valence-electron chi connectivity index (χ2n) is 7.68. The molecule has 3 rings (SSSR count). The van der Waals surface area contributed by atoms with Gasteiger partial charge in [-0.2, -0.15) is 5.10 Å². The van der Waals surface area contributed by atoms with Crippen LogP contribution in [0.15, 0.2) is 42.5 Å². The van der Waals surface area contributed by atoms with Gasteiger partial charge in [0.2, 0.25) is 0 Å². The van der Waals surface area contributed by atoms with E-state index in [2.05, 4.69) is 20.8 Å². The summed E-state index contributed by atoms with van der Waals surface area (Å²) < 4.78 is 6.39. The number of esters is 1. The summed E-state index contributed by atoms with van der Waals surface area (Å²) >= 11 is 0. The largest absolute Gasteiger partial charge is 0.463 e. The quantitative estimate of drug-likeness (QED) is 0.544. The van der Waals surface area contributed by atoms with Gasteiger partial charge in [0, 0.05) is 29.2 Å². The number of hydrogen-bond donors (Lipinski definition) is 0. The Labute approximate surface area is 166 Å². The van der Waals surface area contributed by atoms with Crippen molar-refractivity contribution in [3.63, 3.8) is 0 Å². The van der Waals surface area contributed by atoms with Gasteiger partial charge in [0.05, 0.1) is 18.0 Å². The highest BCUT2D eigenvalue weighted by molar-refractivity contribution is 5.96. The molecule has 0 radical (unpaired) electrons. The van der Waals surface area contributed by atoms with Crippen molar-refractivity contribution in [3.05, 3.63) is 53.7 Å². The Morgan fingerprint density at radius 3 is 2.57 bits per heavy atom. The molecule has 0 aliphatic heterocycles. The molecule has 5 heteroatoms. The second kappa shape index (κ2) is 8.55. The molecule has 0 bridgehead atoms. The van der Waals surface area contributed by atoms with Crippen LogP contribution < -0.4 is 0 Å². The van der Waals surface area contributed by atoms with Crippen molar-refractivity contribution in [3.8, 4) is 11.3 Å². The topological polar surface area (TPSA) is 61.2 Å². The van der Waals surface area contributed by atoms with E-state index in [4.69, 9.17) is 9.84 Å². The summed E-state index contributed by atoms with van der Waals surface area (Å²) in [5.74, 6) is 0.152. The number of nitrogens with zero attached hydrogens (tertiary/aromatic N) is 2. The SMILES string of the molecule is CCOC(=O)/C=C/C(=O)n1nc(-c2ccccc2)c2c1C(C(C)C)CCC2C. The summed E-state index contributed by atoms with van der Waals surface area (Å²) in [4.78, 5) is 24.6. The minimum absolute atomic E-state index is 0.260. The van der Waals surface area contributed by atoms with Crippen molar-refractivity contribution in [2.24, 2.45) is 5.92 Å². The zero-order valence-corrected chi connectivity index (χ0v) is 17.0. The van der Waals surface area contributed by atoms with E-state index in [0.717, 1.165) is 35.4 Å². The maximum Gasteiger partial charge on any atom is 0.330 e. The van der Waals surface area contributed by atoms with Crippen LogP contribution in [-0.4, -0.2) is 28.3 Å². The van der Waals surface area contributed by atoms with E-state index >= 15 is 0 Å². The Hall–Kier alpha value is -2.69. The van der Waals surface area contributed by atoms with Gasteiger partial charge in [-0.1, -0.05) is 51.1 Å². The molecular formula is C23H28N2O3. The van der Waals surface area contributed by atoms with Gasteiger partial charge in [0.1, 0.15) is 0 Å². The Morgan fingerprint density at radius 1 is 1.21 bits per heavy atom. The first-order chi connectivity index (χ1) is 13.4. The molecule has 2 unspecified atom stereocenters. The summed E-state index contributed by atoms with van der Waals surface area (Å²) in [6.07, 6.45) is 4.55. The molecular weight excluding hydrogens is 352 g/mol. The standard InChI is InChI=1S/C23H28N2O3/c1-5-28-20(27)14-13-19(26)25-23-18(15(2)3)12-11-16(4)21(23)22(24-25)17-9-7-6-8-10-17/h6-10,13-16,18H,5,11-12H2,1-4H3/b14-13+. The fourth-order valence-electron chi connectivity index (χ4n) is 4.02. The minimum Gasteiger partial charge on any atom is -0.463 e. The predicted molar refractivity (Wildman–Crippen MR) is 109 cm³/mol. The molecule has 0 fully saturated rings. The molecule has 0 saturated carbocycles. The number of hydrogen-bond acceptors (Lipinski definition) is 4. The number of rotatable bonds is 5. The number of allylic oxidation sites excluding steroid dienone is 1. The van der Waals surface area contributed by atoms with Crippen LogP contribution in [0.3, 0.4) is 0 Å². The highest BCUT2D eigenvalue weighted by atomic mass is 16.5. The molecule has 2 atom stereocenters. The maximum atomic E-state index is 13.0. The molecule has 148 valence electrons. The van der Waals surface area contributed by atoms with E-state index in [-0.39, 0.29) is 18.4 Å². The van der Waals surface area contributed by atoms with Crippen LogP contribution >= 0.6 is 0 Å². The van der Waals surface area contributed by atoms with Crippen LogP contribution in [0.4, 0.5) is 0 Å². The molecule has 2 aromatic rings. The fourth-order valence-corrected chi connectivity index (χ4v) is 4.02. The van der Waals surface area contributed by atoms with Crippen LogP contribution in [0.1, 0.15) is 68.4 Å². The molecule has 5 nitrogen and oxygen atoms in total. The number of aromatic nitrogens is 2. The lowest BCUT2D eigenvalue weighted by atomic mass is 9.75. The lowest BCUT2D eigenvalue weighted by Crippen LogP contribution is -2.23. The van der Waals surface area contributed by atoms with Crippen LogP contribution in [0.2, 0.25) is 0 Å². The van der Waals surface area contributed by atoms with Gasteiger partial charge >= 0.3 is 5.97 Å². The van der Waals surface area contributed by atoms with Crippen molar-refractivity contribution < 1.29 is 14.3 Å². The van der Waals surface area contributed by atoms with Crippen LogP contribution in [0, 0.1) is 5.92 Å². The van der Waals surface area contributed by atoms with Crippen LogP contribution in [0.25, 0.3) is 11.3 Å². The average Bonchev–Trinajstić information content (AvgIpc) is 3.08. The van der Waals surface area contributed by atoms with Crippen molar-refractivity contribution in [1.82, 2.24) is 9.78 Å². The van der Waals surface area contributed by atoms with Gasteiger partial charge in [0.15, 0.2) is 0 Å². The van der Waals surface area contributed by atoms with E-state index in [1.807, 2.05) is 30.3 Å². The predicted octanol–water partition coefficient (Wildman–Crippen LogP) is 4.95. The normalized spacial score (nSPS) is 19.0. The zero-order valence-electron chi connectivity index (χ0n) is 17.0. The van der Waals surface area contributed by atoms with Crippen molar-refractivity contribution >= 4 is 11.9 Å². The van der Waals surface area contributed by atoms with E-state index in [1.165, 1.54) is 16.8 Å². The van der Waals surface area contributed by atoms with Crippen LogP contribution in [-0.2, 0) is 9.53 Å². The van der Waals surface area contributed by atoms with Crippen molar-refractivity contribution in [2.45, 2.75) is 52.4 Å². The number of ether oxygens (including phenoxy) is 1. The van der Waals surface area contributed by atoms with E-state index in [0.29, 0.717) is 11.8 Å². The second-order valence-corrected chi connectivity index (χ2v) is 7.68. The highest BCUT2D eigenvalue weighted by Gasteiger charge is 2.35. The van der Waals surface area contributed by atoms with Gasteiger partial charge in [0.25, 0.3) is 5.91 Å². The van der Waals surface area contributed by atoms with Gasteiger partial charge in [-0.3, -0.25) is 4.79 Å². The highest BCUT2D eigenvalue weighted by Crippen LogP contribution is 2.46. The Bertz CT molecular complexity index is 881. The Balaban J connectivity index is 2.12. The lowest BCUT2D eigenvalue weighted by molar-refractivity contribution is -0.137. The first kappa shape index (κ1) is 20.1. The summed E-state index contributed by atoms with van der Waals surface area (Å²) in [6.45, 7) is 8.58. The Morgan fingerprint density at radius 2 is 1.93 bits per heavy atom. The molecule has 0 N–H and O–H groups in total. The van der Waals surface area contributed by atoms with E-state index in [1.54, 1.807) is 6.92 Å². The number of carbonyl (C=O) groups excluding carboxylic acids is 2. The average molecular weight is 380 g/mol. The number of fused-ring (bicyclic) bond motifs is 1. The fraction of sp³-hybridized carbons (Fsp3) is 0.435. The van der Waals surface area contributed by atoms with Crippen molar-refractivity contribution in [1.29, 1.82) is 0 Å². The lowest BCUT2D eigenvalue weighted by Gasteiger charge is -2.30. The summed E-state index contributed by atoms with van der Waals surface area (Å²) in [6, 6.07) is 9.99. The third kappa shape index (κ3) is 3.93. The first-order valence-electron chi connectivity index (χ1n) is 10.0. The third-order valence-electron chi connectivity index (χ3n) is 5.42. The molecule has 1 aromatic carbocycles. The van der Waals surface area contributed by atoms with Gasteiger partial charge in [-0.05, 0) is 31.6 Å². The summed E-state index contributed by atoms with van der Waals surface area (Å²) in [5, 5.41) is 4.73. The van der Waals surface area contributed by atoms with Gasteiger partial charge < -0.3 is 4.74 Å². The maximum absolute atomic E-state index is 13.0. The molecule has 0 saturated heterocycles. The van der Waals surface area contributed by atoms with E-state index < -0.39 is 5.97 Å². The van der Waals surface area contributed by atoms with E-state index in [9.17, 15) is 9.59 Å². The molecule has 28 heavy (non-hydrogen) atoms. The molecule has 1 aliphatic rings. The molecule has 0 amide bonds. The van der Waals surface area contributed by atoms with Crippen molar-refractivity contribution in [2.75, 3.05) is 6.61 Å². The summed E-state index contributed by atoms with van der Waals surface area (Å²) in [5.41, 5.74) is 4.03. The zero-order chi connectivity index (χ0) is 20.3. The molecule has 1 heterocycles. The molecule has 1 aromatic heterocycles. The van der Waals surface area contributed by atoms with Gasteiger partial charge in [-0.25, -0.2) is 9.48 Å². The van der Waals surface area contributed by atoms with Crippen LogP contribution in [0.5, 0.6) is 0 Å². The number of benzene rings is 1. The molecule has 1 aliphatic carbocycles. The van der Waals surface area contributed by atoms with Gasteiger partial charge in [-0.15, -0.1) is 0 Å². The monoisotopic (exact) mass is 380 g/mol. The summed E-state index contributed by atoms with van der Waals surface area (Å²) in [7, 11) is 0. The third-order valence-corrected chi connectivity index (χ3v) is 5.42. The minimum atomic E-state index is -0.520. The number of carbonyl (C=O) groups is 2. The smallest absolute Gasteiger partial charge is 0.330 e. The molecule has 0 spiro atoms. The first-order valence-corrected chi connectivity index (χ1v) is 10.0.